The van der Waals surface area contributed by atoms with Crippen LogP contribution >= 0.6 is 11.8 Å². The van der Waals surface area contributed by atoms with Gasteiger partial charge in [-0.2, -0.15) is 11.8 Å². The second-order valence-corrected chi connectivity index (χ2v) is 4.89. The van der Waals surface area contributed by atoms with Crippen molar-refractivity contribution in [3.8, 4) is 0 Å². The third-order valence-electron chi connectivity index (χ3n) is 2.58. The van der Waals surface area contributed by atoms with Crippen LogP contribution in [0, 0.1) is 0 Å². The first-order valence-corrected chi connectivity index (χ1v) is 7.26. The summed E-state index contributed by atoms with van der Waals surface area (Å²) in [6, 6.07) is 5.23. The first-order valence-electron chi connectivity index (χ1n) is 5.86. The maximum Gasteiger partial charge on any atom is 0.338 e. The minimum absolute atomic E-state index is 0.308. The summed E-state index contributed by atoms with van der Waals surface area (Å²) in [6.45, 7) is 3.05. The molecule has 0 saturated heterocycles. The quantitative estimate of drug-likeness (QED) is 0.633. The Kier molecular flexibility index (Phi) is 5.85. The number of thioether (sulfide) groups is 1. The van der Waals surface area contributed by atoms with Gasteiger partial charge in [0.25, 0.3) is 0 Å². The molecule has 0 heterocycles. The Balaban J connectivity index is 2.90. The average Bonchev–Trinajstić information content (AvgIpc) is 2.36. The van der Waals surface area contributed by atoms with E-state index in [2.05, 4.69) is 11.2 Å². The van der Waals surface area contributed by atoms with E-state index in [1.54, 1.807) is 36.9 Å². The molecular formula is C13H20N2O2S. The molecule has 0 saturated carbocycles. The van der Waals surface area contributed by atoms with Gasteiger partial charge in [0.15, 0.2) is 0 Å². The van der Waals surface area contributed by atoms with Crippen molar-refractivity contribution in [3.05, 3.63) is 23.8 Å². The summed E-state index contributed by atoms with van der Waals surface area (Å²) in [7, 11) is 1.97. The molecule has 4 nitrogen and oxygen atoms in total. The zero-order chi connectivity index (χ0) is 13.5. The summed E-state index contributed by atoms with van der Waals surface area (Å²) >= 11 is 1.77. The predicted octanol–water partition coefficient (Wildman–Crippen LogP) is 2.24. The number of nitrogens with two attached hydrogens (primary N) is 1. The lowest BCUT2D eigenvalue weighted by atomic mass is 10.1. The molecule has 1 aromatic carbocycles. The van der Waals surface area contributed by atoms with E-state index >= 15 is 0 Å². The lowest BCUT2D eigenvalue weighted by Gasteiger charge is -2.21. The molecule has 0 unspecified atom stereocenters. The molecule has 100 valence electrons. The standard InChI is InChI=1S/C13H20N2O2S/c1-4-17-13(16)10-5-6-11(14)12(9-10)15(2)7-8-18-3/h5-6,9H,4,7-8,14H2,1-3H3. The fraction of sp³-hybridized carbons (Fsp3) is 0.462. The largest absolute Gasteiger partial charge is 0.462 e. The number of carbonyl (C=O) groups excluding carboxylic acids is 1. The molecule has 0 aliphatic rings. The van der Waals surface area contributed by atoms with E-state index in [-0.39, 0.29) is 5.97 Å². The minimum atomic E-state index is -0.308. The van der Waals surface area contributed by atoms with Gasteiger partial charge in [0.2, 0.25) is 0 Å². The Morgan fingerprint density at radius 2 is 2.22 bits per heavy atom. The molecule has 1 rings (SSSR count). The van der Waals surface area contributed by atoms with Crippen LogP contribution in [0.3, 0.4) is 0 Å². The van der Waals surface area contributed by atoms with Gasteiger partial charge in [-0.25, -0.2) is 4.79 Å². The van der Waals surface area contributed by atoms with Crippen LogP contribution in [-0.4, -0.2) is 38.2 Å². The molecule has 0 aliphatic heterocycles. The zero-order valence-electron chi connectivity index (χ0n) is 11.1. The first kappa shape index (κ1) is 14.7. The normalized spacial score (nSPS) is 10.2. The second-order valence-electron chi connectivity index (χ2n) is 3.91. The Labute approximate surface area is 112 Å². The zero-order valence-corrected chi connectivity index (χ0v) is 11.9. The van der Waals surface area contributed by atoms with Crippen molar-refractivity contribution in [2.75, 3.05) is 42.8 Å². The molecule has 18 heavy (non-hydrogen) atoms. The van der Waals surface area contributed by atoms with Crippen LogP contribution in [0.4, 0.5) is 11.4 Å². The van der Waals surface area contributed by atoms with Gasteiger partial charge in [0, 0.05) is 19.3 Å². The van der Waals surface area contributed by atoms with E-state index in [1.165, 1.54) is 0 Å². The fourth-order valence-electron chi connectivity index (χ4n) is 1.56. The molecule has 0 atom stereocenters. The van der Waals surface area contributed by atoms with Gasteiger partial charge < -0.3 is 15.4 Å². The predicted molar refractivity (Wildman–Crippen MR) is 78.5 cm³/mol. The van der Waals surface area contributed by atoms with Crippen LogP contribution in [0.1, 0.15) is 17.3 Å². The van der Waals surface area contributed by atoms with Crippen molar-refractivity contribution in [2.24, 2.45) is 0 Å². The van der Waals surface area contributed by atoms with Gasteiger partial charge in [-0.1, -0.05) is 0 Å². The highest BCUT2D eigenvalue weighted by Gasteiger charge is 2.11. The molecular weight excluding hydrogens is 248 g/mol. The number of hydrogen-bond acceptors (Lipinski definition) is 5. The van der Waals surface area contributed by atoms with Crippen LogP contribution in [0.15, 0.2) is 18.2 Å². The van der Waals surface area contributed by atoms with E-state index in [9.17, 15) is 4.79 Å². The van der Waals surface area contributed by atoms with Gasteiger partial charge in [-0.05, 0) is 31.4 Å². The summed E-state index contributed by atoms with van der Waals surface area (Å²) in [5.74, 6) is 0.705. The molecule has 1 aromatic rings. The number of benzene rings is 1. The molecule has 0 fully saturated rings. The number of nitrogen functional groups attached to an aromatic ring is 1. The van der Waals surface area contributed by atoms with Crippen LogP contribution in [0.2, 0.25) is 0 Å². The number of ether oxygens (including phenoxy) is 1. The van der Waals surface area contributed by atoms with Crippen molar-refractivity contribution in [1.29, 1.82) is 0 Å². The topological polar surface area (TPSA) is 55.6 Å². The highest BCUT2D eigenvalue weighted by molar-refractivity contribution is 7.98. The lowest BCUT2D eigenvalue weighted by molar-refractivity contribution is 0.0526. The van der Waals surface area contributed by atoms with Crippen molar-refractivity contribution < 1.29 is 9.53 Å². The molecule has 5 heteroatoms. The van der Waals surface area contributed by atoms with Crippen LogP contribution < -0.4 is 10.6 Å². The maximum absolute atomic E-state index is 11.7. The summed E-state index contributed by atoms with van der Waals surface area (Å²) in [4.78, 5) is 13.7. The number of nitrogens with zero attached hydrogens (tertiary/aromatic N) is 1. The number of anilines is 2. The van der Waals surface area contributed by atoms with Gasteiger partial charge >= 0.3 is 5.97 Å². The fourth-order valence-corrected chi connectivity index (χ4v) is 2.02. The van der Waals surface area contributed by atoms with Gasteiger partial charge in [-0.15, -0.1) is 0 Å². The van der Waals surface area contributed by atoms with Gasteiger partial charge in [-0.3, -0.25) is 0 Å². The Morgan fingerprint density at radius 3 is 2.83 bits per heavy atom. The van der Waals surface area contributed by atoms with Crippen LogP contribution in [-0.2, 0) is 4.74 Å². The lowest BCUT2D eigenvalue weighted by Crippen LogP contribution is -2.22. The number of rotatable bonds is 6. The summed E-state index contributed by atoms with van der Waals surface area (Å²) in [5, 5.41) is 0. The molecule has 0 aliphatic carbocycles. The van der Waals surface area contributed by atoms with E-state index in [4.69, 9.17) is 10.5 Å². The number of esters is 1. The molecule has 0 spiro atoms. The summed E-state index contributed by atoms with van der Waals surface area (Å²) in [6.07, 6.45) is 2.06. The number of hydrogen-bond donors (Lipinski definition) is 1. The Hall–Kier alpha value is -1.36. The highest BCUT2D eigenvalue weighted by Crippen LogP contribution is 2.24. The third-order valence-corrected chi connectivity index (χ3v) is 3.17. The summed E-state index contributed by atoms with van der Waals surface area (Å²) < 4.78 is 4.98. The average molecular weight is 268 g/mol. The molecule has 0 radical (unpaired) electrons. The van der Waals surface area contributed by atoms with E-state index in [1.807, 2.05) is 7.05 Å². The van der Waals surface area contributed by atoms with E-state index in [0.717, 1.165) is 18.0 Å². The Morgan fingerprint density at radius 1 is 1.50 bits per heavy atom. The van der Waals surface area contributed by atoms with Crippen LogP contribution in [0.5, 0.6) is 0 Å². The van der Waals surface area contributed by atoms with Gasteiger partial charge in [0.05, 0.1) is 23.5 Å². The van der Waals surface area contributed by atoms with Crippen molar-refractivity contribution in [3.63, 3.8) is 0 Å². The molecule has 0 aromatic heterocycles. The molecule has 2 N–H and O–H groups in total. The van der Waals surface area contributed by atoms with E-state index in [0.29, 0.717) is 17.9 Å². The maximum atomic E-state index is 11.7. The van der Waals surface area contributed by atoms with Crippen molar-refractivity contribution in [1.82, 2.24) is 0 Å². The smallest absolute Gasteiger partial charge is 0.338 e. The highest BCUT2D eigenvalue weighted by atomic mass is 32.2. The van der Waals surface area contributed by atoms with E-state index < -0.39 is 0 Å². The summed E-state index contributed by atoms with van der Waals surface area (Å²) in [5.41, 5.74) is 8.02. The van der Waals surface area contributed by atoms with Gasteiger partial charge in [0.1, 0.15) is 0 Å². The SMILES string of the molecule is CCOC(=O)c1ccc(N)c(N(C)CCSC)c1. The monoisotopic (exact) mass is 268 g/mol. The first-order chi connectivity index (χ1) is 8.60. The Bertz CT molecular complexity index is 410. The number of carbonyl (C=O) groups is 1. The minimum Gasteiger partial charge on any atom is -0.462 e. The molecule has 0 amide bonds. The third kappa shape index (κ3) is 3.84. The van der Waals surface area contributed by atoms with Crippen molar-refractivity contribution >= 4 is 29.1 Å². The second kappa shape index (κ2) is 7.16. The van der Waals surface area contributed by atoms with Crippen molar-refractivity contribution in [2.45, 2.75) is 6.92 Å². The molecule has 0 bridgehead atoms. The van der Waals surface area contributed by atoms with Crippen LogP contribution in [0.25, 0.3) is 0 Å².